The summed E-state index contributed by atoms with van der Waals surface area (Å²) in [6.45, 7) is 0.926. The SMILES string of the molecule is CN(C)C(=O)CC(c1cccs1)N1CCc2ncccc21. The van der Waals surface area contributed by atoms with Crippen molar-refractivity contribution in [3.63, 3.8) is 0 Å². The molecule has 2 aromatic heterocycles. The molecule has 4 nitrogen and oxygen atoms in total. The van der Waals surface area contributed by atoms with Crippen LogP contribution >= 0.6 is 11.3 Å². The van der Waals surface area contributed by atoms with Crippen LogP contribution in [-0.4, -0.2) is 36.4 Å². The number of pyridine rings is 1. The van der Waals surface area contributed by atoms with E-state index in [1.54, 1.807) is 16.2 Å². The number of hydrogen-bond acceptors (Lipinski definition) is 4. The van der Waals surface area contributed by atoms with Crippen molar-refractivity contribution in [3.05, 3.63) is 46.4 Å². The van der Waals surface area contributed by atoms with Gasteiger partial charge in [0.15, 0.2) is 0 Å². The number of thiophene rings is 1. The Morgan fingerprint density at radius 2 is 2.29 bits per heavy atom. The summed E-state index contributed by atoms with van der Waals surface area (Å²) in [6, 6.07) is 8.34. The molecule has 3 rings (SSSR count). The Morgan fingerprint density at radius 1 is 1.43 bits per heavy atom. The monoisotopic (exact) mass is 301 g/mol. The maximum absolute atomic E-state index is 12.2. The van der Waals surface area contributed by atoms with Crippen LogP contribution in [0, 0.1) is 0 Å². The fourth-order valence-electron chi connectivity index (χ4n) is 2.75. The second-order valence-electron chi connectivity index (χ2n) is 5.44. The van der Waals surface area contributed by atoms with Crippen molar-refractivity contribution in [1.82, 2.24) is 9.88 Å². The third-order valence-corrected chi connectivity index (χ3v) is 4.85. The highest BCUT2D eigenvalue weighted by atomic mass is 32.1. The van der Waals surface area contributed by atoms with Crippen LogP contribution in [0.3, 0.4) is 0 Å². The molecular formula is C16H19N3OS. The normalized spacial score (nSPS) is 14.9. The summed E-state index contributed by atoms with van der Waals surface area (Å²) in [4.78, 5) is 21.9. The molecule has 0 radical (unpaired) electrons. The summed E-state index contributed by atoms with van der Waals surface area (Å²) in [5, 5.41) is 2.07. The Kier molecular flexibility index (Phi) is 3.92. The Hall–Kier alpha value is -1.88. The molecule has 0 bridgehead atoms. The number of anilines is 1. The van der Waals surface area contributed by atoms with Crippen molar-refractivity contribution in [1.29, 1.82) is 0 Å². The van der Waals surface area contributed by atoms with Crippen LogP contribution in [0.5, 0.6) is 0 Å². The molecule has 0 aromatic carbocycles. The van der Waals surface area contributed by atoms with E-state index in [1.165, 1.54) is 10.6 Å². The first-order chi connectivity index (χ1) is 10.2. The lowest BCUT2D eigenvalue weighted by Gasteiger charge is -2.30. The van der Waals surface area contributed by atoms with E-state index in [9.17, 15) is 4.79 Å². The van der Waals surface area contributed by atoms with Crippen LogP contribution in [0.15, 0.2) is 35.8 Å². The van der Waals surface area contributed by atoms with E-state index < -0.39 is 0 Å². The highest BCUT2D eigenvalue weighted by molar-refractivity contribution is 7.10. The zero-order valence-electron chi connectivity index (χ0n) is 12.3. The number of rotatable bonds is 4. The summed E-state index contributed by atoms with van der Waals surface area (Å²) < 4.78 is 0. The molecule has 3 heterocycles. The van der Waals surface area contributed by atoms with E-state index in [0.717, 1.165) is 18.7 Å². The van der Waals surface area contributed by atoms with Crippen LogP contribution in [-0.2, 0) is 11.2 Å². The van der Waals surface area contributed by atoms with Gasteiger partial charge in [0.25, 0.3) is 0 Å². The molecule has 2 aromatic rings. The van der Waals surface area contributed by atoms with Gasteiger partial charge in [-0.1, -0.05) is 6.07 Å². The lowest BCUT2D eigenvalue weighted by atomic mass is 10.1. The molecule has 0 saturated carbocycles. The predicted octanol–water partition coefficient (Wildman–Crippen LogP) is 2.73. The molecule has 0 aliphatic carbocycles. The summed E-state index contributed by atoms with van der Waals surface area (Å²) in [5.74, 6) is 0.158. The van der Waals surface area contributed by atoms with Gasteiger partial charge in [0, 0.05) is 38.1 Å². The fourth-order valence-corrected chi connectivity index (χ4v) is 3.59. The third kappa shape index (κ3) is 2.78. The van der Waals surface area contributed by atoms with E-state index >= 15 is 0 Å². The van der Waals surface area contributed by atoms with Crippen LogP contribution in [0.25, 0.3) is 0 Å². The van der Waals surface area contributed by atoms with Gasteiger partial charge in [-0.3, -0.25) is 9.78 Å². The number of aromatic nitrogens is 1. The molecule has 1 unspecified atom stereocenters. The van der Waals surface area contributed by atoms with Gasteiger partial charge in [0.2, 0.25) is 5.91 Å². The summed E-state index contributed by atoms with van der Waals surface area (Å²) in [5.41, 5.74) is 2.30. The van der Waals surface area contributed by atoms with Gasteiger partial charge >= 0.3 is 0 Å². The van der Waals surface area contributed by atoms with Crippen molar-refractivity contribution < 1.29 is 4.79 Å². The minimum atomic E-state index is 0.102. The Balaban J connectivity index is 1.92. The molecule has 5 heteroatoms. The highest BCUT2D eigenvalue weighted by Gasteiger charge is 2.30. The summed E-state index contributed by atoms with van der Waals surface area (Å²) in [6.07, 6.45) is 3.30. The predicted molar refractivity (Wildman–Crippen MR) is 85.7 cm³/mol. The number of nitrogens with zero attached hydrogens (tertiary/aromatic N) is 3. The van der Waals surface area contributed by atoms with E-state index in [2.05, 4.69) is 27.4 Å². The second-order valence-corrected chi connectivity index (χ2v) is 6.42. The summed E-state index contributed by atoms with van der Waals surface area (Å²) >= 11 is 1.71. The molecule has 1 aliphatic rings. The zero-order valence-corrected chi connectivity index (χ0v) is 13.1. The average Bonchev–Trinajstić information content (AvgIpc) is 3.14. The van der Waals surface area contributed by atoms with Gasteiger partial charge < -0.3 is 9.80 Å². The Labute approximate surface area is 129 Å². The van der Waals surface area contributed by atoms with Gasteiger partial charge in [0.05, 0.1) is 23.8 Å². The highest BCUT2D eigenvalue weighted by Crippen LogP contribution is 2.37. The van der Waals surface area contributed by atoms with E-state index in [-0.39, 0.29) is 11.9 Å². The number of fused-ring (bicyclic) bond motifs is 1. The second kappa shape index (κ2) is 5.85. The number of amides is 1. The minimum Gasteiger partial charge on any atom is -0.361 e. The fraction of sp³-hybridized carbons (Fsp3) is 0.375. The van der Waals surface area contributed by atoms with Gasteiger partial charge in [-0.05, 0) is 23.6 Å². The van der Waals surface area contributed by atoms with Gasteiger partial charge in [-0.2, -0.15) is 0 Å². The quantitative estimate of drug-likeness (QED) is 0.871. The molecule has 0 spiro atoms. The smallest absolute Gasteiger partial charge is 0.224 e. The first-order valence-corrected chi connectivity index (χ1v) is 7.99. The lowest BCUT2D eigenvalue weighted by Crippen LogP contribution is -2.32. The molecular weight excluding hydrogens is 282 g/mol. The number of carbonyl (C=O) groups is 1. The van der Waals surface area contributed by atoms with Crippen LogP contribution in [0.2, 0.25) is 0 Å². The van der Waals surface area contributed by atoms with Crippen molar-refractivity contribution in [2.75, 3.05) is 25.5 Å². The molecule has 1 amide bonds. The molecule has 110 valence electrons. The van der Waals surface area contributed by atoms with Crippen LogP contribution < -0.4 is 4.90 Å². The summed E-state index contributed by atoms with van der Waals surface area (Å²) in [7, 11) is 3.63. The number of hydrogen-bond donors (Lipinski definition) is 0. The van der Waals surface area contributed by atoms with Gasteiger partial charge in [0.1, 0.15) is 0 Å². The topological polar surface area (TPSA) is 36.4 Å². The molecule has 1 atom stereocenters. The van der Waals surface area contributed by atoms with Crippen LogP contribution in [0.1, 0.15) is 23.0 Å². The van der Waals surface area contributed by atoms with Gasteiger partial charge in [-0.25, -0.2) is 0 Å². The van der Waals surface area contributed by atoms with E-state index in [0.29, 0.717) is 6.42 Å². The Bertz CT molecular complexity index is 624. The zero-order chi connectivity index (χ0) is 14.8. The van der Waals surface area contributed by atoms with Gasteiger partial charge in [-0.15, -0.1) is 11.3 Å². The van der Waals surface area contributed by atoms with Crippen molar-refractivity contribution in [2.24, 2.45) is 0 Å². The van der Waals surface area contributed by atoms with E-state index in [4.69, 9.17) is 0 Å². The molecule has 0 fully saturated rings. The standard InChI is InChI=1S/C16H19N3OS/c1-18(2)16(20)11-14(15-6-4-10-21-15)19-9-7-12-13(19)5-3-8-17-12/h3-6,8,10,14H,7,9,11H2,1-2H3. The van der Waals surface area contributed by atoms with Crippen LogP contribution in [0.4, 0.5) is 5.69 Å². The lowest BCUT2D eigenvalue weighted by molar-refractivity contribution is -0.129. The van der Waals surface area contributed by atoms with E-state index in [1.807, 2.05) is 32.4 Å². The Morgan fingerprint density at radius 3 is 3.00 bits per heavy atom. The minimum absolute atomic E-state index is 0.102. The largest absolute Gasteiger partial charge is 0.361 e. The average molecular weight is 301 g/mol. The van der Waals surface area contributed by atoms with Crippen molar-refractivity contribution >= 4 is 22.9 Å². The molecule has 0 N–H and O–H groups in total. The first-order valence-electron chi connectivity index (χ1n) is 7.11. The molecule has 0 saturated heterocycles. The maximum Gasteiger partial charge on any atom is 0.224 e. The molecule has 21 heavy (non-hydrogen) atoms. The third-order valence-electron chi connectivity index (χ3n) is 3.88. The molecule has 1 aliphatic heterocycles. The first kappa shape index (κ1) is 14.1. The maximum atomic E-state index is 12.2. The van der Waals surface area contributed by atoms with Crippen molar-refractivity contribution in [3.8, 4) is 0 Å². The van der Waals surface area contributed by atoms with Crippen molar-refractivity contribution in [2.45, 2.75) is 18.9 Å². The number of carbonyl (C=O) groups excluding carboxylic acids is 1.